The summed E-state index contributed by atoms with van der Waals surface area (Å²) in [6.45, 7) is 0. The third-order valence-electron chi connectivity index (χ3n) is 2.93. The lowest BCUT2D eigenvalue weighted by atomic mass is 10.1. The molecule has 4 nitrogen and oxygen atoms in total. The first-order valence-electron chi connectivity index (χ1n) is 5.61. The molecule has 0 aliphatic rings. The third kappa shape index (κ3) is 2.21. The molecule has 0 saturated heterocycles. The van der Waals surface area contributed by atoms with E-state index in [1.165, 1.54) is 0 Å². The highest BCUT2D eigenvalue weighted by molar-refractivity contribution is 14.1. The Balaban J connectivity index is 2.05. The van der Waals surface area contributed by atoms with Gasteiger partial charge in [0.15, 0.2) is 0 Å². The van der Waals surface area contributed by atoms with E-state index in [2.05, 4.69) is 27.6 Å². The number of nitrogens with zero attached hydrogens (tertiary/aromatic N) is 2. The van der Waals surface area contributed by atoms with Crippen LogP contribution in [-0.2, 0) is 0 Å². The van der Waals surface area contributed by atoms with Gasteiger partial charge in [0.2, 0.25) is 0 Å². The molecule has 5 heteroatoms. The van der Waals surface area contributed by atoms with Crippen molar-refractivity contribution < 1.29 is 9.90 Å². The molecular formula is C14H9IN2O2. The van der Waals surface area contributed by atoms with Crippen LogP contribution in [0.4, 0.5) is 0 Å². The second kappa shape index (κ2) is 4.65. The second-order valence-corrected chi connectivity index (χ2v) is 5.21. The first-order valence-corrected chi connectivity index (χ1v) is 6.69. The molecule has 94 valence electrons. The third-order valence-corrected chi connectivity index (χ3v) is 3.73. The average Bonchev–Trinajstić information content (AvgIpc) is 2.80. The Bertz CT molecular complexity index is 763. The van der Waals surface area contributed by atoms with Crippen molar-refractivity contribution >= 4 is 34.2 Å². The summed E-state index contributed by atoms with van der Waals surface area (Å²) in [5, 5.41) is 8.88. The van der Waals surface area contributed by atoms with Gasteiger partial charge in [-0.3, -0.25) is 4.40 Å². The van der Waals surface area contributed by atoms with Gasteiger partial charge in [-0.05, 0) is 58.0 Å². The molecule has 2 aromatic heterocycles. The van der Waals surface area contributed by atoms with Crippen LogP contribution in [0.5, 0.6) is 0 Å². The normalized spacial score (nSPS) is 10.8. The van der Waals surface area contributed by atoms with E-state index in [4.69, 9.17) is 5.11 Å². The Morgan fingerprint density at radius 2 is 1.89 bits per heavy atom. The molecule has 0 radical (unpaired) electrons. The molecule has 0 atom stereocenters. The highest BCUT2D eigenvalue weighted by Gasteiger charge is 2.05. The number of fused-ring (bicyclic) bond motifs is 1. The summed E-state index contributed by atoms with van der Waals surface area (Å²) in [5.41, 5.74) is 3.17. The molecule has 0 aliphatic heterocycles. The Morgan fingerprint density at radius 3 is 2.58 bits per heavy atom. The molecule has 0 bridgehead atoms. The van der Waals surface area contributed by atoms with Crippen molar-refractivity contribution in [3.05, 3.63) is 58.1 Å². The van der Waals surface area contributed by atoms with Crippen molar-refractivity contribution in [3.8, 4) is 11.1 Å². The van der Waals surface area contributed by atoms with E-state index in [-0.39, 0.29) is 0 Å². The number of pyridine rings is 1. The Morgan fingerprint density at radius 1 is 1.16 bits per heavy atom. The van der Waals surface area contributed by atoms with Crippen LogP contribution in [0.3, 0.4) is 0 Å². The van der Waals surface area contributed by atoms with Crippen molar-refractivity contribution in [2.24, 2.45) is 0 Å². The van der Waals surface area contributed by atoms with Crippen LogP contribution in [0.15, 0.2) is 48.8 Å². The Labute approximate surface area is 122 Å². The fourth-order valence-corrected chi connectivity index (χ4v) is 2.48. The van der Waals surface area contributed by atoms with Crippen molar-refractivity contribution in [1.82, 2.24) is 9.38 Å². The lowest BCUT2D eigenvalue weighted by Crippen LogP contribution is -1.95. The molecule has 0 aliphatic carbocycles. The van der Waals surface area contributed by atoms with Crippen LogP contribution in [0, 0.1) is 3.70 Å². The zero-order chi connectivity index (χ0) is 13.4. The molecule has 0 amide bonds. The summed E-state index contributed by atoms with van der Waals surface area (Å²) < 4.78 is 3.05. The number of aromatic nitrogens is 2. The topological polar surface area (TPSA) is 54.6 Å². The zero-order valence-electron chi connectivity index (χ0n) is 9.75. The molecule has 3 rings (SSSR count). The van der Waals surface area contributed by atoms with Crippen LogP contribution in [0.2, 0.25) is 0 Å². The zero-order valence-corrected chi connectivity index (χ0v) is 11.9. The fourth-order valence-electron chi connectivity index (χ4n) is 1.93. The van der Waals surface area contributed by atoms with E-state index >= 15 is 0 Å². The number of carboxylic acid groups (broad SMARTS) is 1. The van der Waals surface area contributed by atoms with Gasteiger partial charge in [0, 0.05) is 6.20 Å². The predicted octanol–water partition coefficient (Wildman–Crippen LogP) is 3.30. The summed E-state index contributed by atoms with van der Waals surface area (Å²) in [7, 11) is 0. The molecule has 3 aromatic rings. The van der Waals surface area contributed by atoms with Crippen LogP contribution in [0.1, 0.15) is 10.4 Å². The van der Waals surface area contributed by atoms with Gasteiger partial charge in [0.1, 0.15) is 9.35 Å². The number of carbonyl (C=O) groups is 1. The molecule has 0 fully saturated rings. The number of halogens is 1. The van der Waals surface area contributed by atoms with Crippen molar-refractivity contribution in [3.63, 3.8) is 0 Å². The maximum atomic E-state index is 10.8. The molecule has 0 spiro atoms. The van der Waals surface area contributed by atoms with Gasteiger partial charge in [0.05, 0.1) is 11.8 Å². The van der Waals surface area contributed by atoms with Crippen molar-refractivity contribution in [2.45, 2.75) is 0 Å². The number of hydrogen-bond donors (Lipinski definition) is 1. The van der Waals surface area contributed by atoms with E-state index in [0.29, 0.717) is 5.56 Å². The van der Waals surface area contributed by atoms with E-state index in [9.17, 15) is 4.79 Å². The van der Waals surface area contributed by atoms with E-state index in [1.807, 2.05) is 41.1 Å². The molecule has 1 aromatic carbocycles. The second-order valence-electron chi connectivity index (χ2n) is 4.11. The monoisotopic (exact) mass is 364 g/mol. The van der Waals surface area contributed by atoms with Crippen molar-refractivity contribution in [1.29, 1.82) is 0 Å². The quantitative estimate of drug-likeness (QED) is 0.710. The maximum absolute atomic E-state index is 10.8. The van der Waals surface area contributed by atoms with Gasteiger partial charge >= 0.3 is 5.97 Å². The van der Waals surface area contributed by atoms with E-state index < -0.39 is 5.97 Å². The summed E-state index contributed by atoms with van der Waals surface area (Å²) in [4.78, 5) is 15.1. The number of hydrogen-bond acceptors (Lipinski definition) is 2. The van der Waals surface area contributed by atoms with Gasteiger partial charge in [-0.25, -0.2) is 9.78 Å². The molecule has 19 heavy (non-hydrogen) atoms. The summed E-state index contributed by atoms with van der Waals surface area (Å²) >= 11 is 2.23. The molecule has 0 unspecified atom stereocenters. The van der Waals surface area contributed by atoms with Gasteiger partial charge in [-0.15, -0.1) is 0 Å². The van der Waals surface area contributed by atoms with Crippen LogP contribution in [0.25, 0.3) is 16.8 Å². The molecular weight excluding hydrogens is 355 g/mol. The van der Waals surface area contributed by atoms with Gasteiger partial charge in [0.25, 0.3) is 0 Å². The molecule has 1 N–H and O–H groups in total. The first kappa shape index (κ1) is 12.2. The van der Waals surface area contributed by atoms with Crippen LogP contribution in [-0.4, -0.2) is 20.5 Å². The van der Waals surface area contributed by atoms with Crippen molar-refractivity contribution in [2.75, 3.05) is 0 Å². The lowest BCUT2D eigenvalue weighted by Gasteiger charge is -2.03. The molecule has 2 heterocycles. The van der Waals surface area contributed by atoms with Gasteiger partial charge in [-0.2, -0.15) is 0 Å². The highest BCUT2D eigenvalue weighted by atomic mass is 127. The number of rotatable bonds is 2. The minimum atomic E-state index is -0.912. The largest absolute Gasteiger partial charge is 0.478 e. The Hall–Kier alpha value is -1.89. The minimum Gasteiger partial charge on any atom is -0.478 e. The van der Waals surface area contributed by atoms with Crippen LogP contribution < -0.4 is 0 Å². The number of benzene rings is 1. The van der Waals surface area contributed by atoms with Gasteiger partial charge in [-0.1, -0.05) is 12.1 Å². The standard InChI is InChI=1S/C14H9IN2O2/c15-12-8-16-13-7-11(5-6-17(12)13)9-1-3-10(4-2-9)14(18)19/h1-8H,(H,18,19). The van der Waals surface area contributed by atoms with E-state index in [0.717, 1.165) is 20.5 Å². The number of imidazole rings is 1. The number of aromatic carboxylic acids is 1. The SMILES string of the molecule is O=C(O)c1ccc(-c2ccn3c(I)cnc3c2)cc1. The average molecular weight is 364 g/mol. The summed E-state index contributed by atoms with van der Waals surface area (Å²) in [6, 6.07) is 10.8. The summed E-state index contributed by atoms with van der Waals surface area (Å²) in [5.74, 6) is -0.912. The maximum Gasteiger partial charge on any atom is 0.335 e. The smallest absolute Gasteiger partial charge is 0.335 e. The number of carboxylic acids is 1. The minimum absolute atomic E-state index is 0.292. The highest BCUT2D eigenvalue weighted by Crippen LogP contribution is 2.22. The lowest BCUT2D eigenvalue weighted by molar-refractivity contribution is 0.0697. The summed E-state index contributed by atoms with van der Waals surface area (Å²) in [6.07, 6.45) is 3.78. The van der Waals surface area contributed by atoms with Crippen LogP contribution >= 0.6 is 22.6 Å². The predicted molar refractivity (Wildman–Crippen MR) is 80.3 cm³/mol. The first-order chi connectivity index (χ1) is 9.15. The van der Waals surface area contributed by atoms with E-state index in [1.54, 1.807) is 12.1 Å². The van der Waals surface area contributed by atoms with Gasteiger partial charge < -0.3 is 5.11 Å². The fraction of sp³-hybridized carbons (Fsp3) is 0. The molecule has 0 saturated carbocycles. The Kier molecular flexibility index (Phi) is 2.98.